The molecule has 0 aliphatic heterocycles. The van der Waals surface area contributed by atoms with Crippen LogP contribution in [0.5, 0.6) is 0 Å². The first-order valence-electron chi connectivity index (χ1n) is 2.14. The Morgan fingerprint density at radius 1 is 1.57 bits per heavy atom. The zero-order valence-electron chi connectivity index (χ0n) is 4.56. The molecule has 0 saturated carbocycles. The van der Waals surface area contributed by atoms with Crippen LogP contribution in [0, 0.1) is 0 Å². The van der Waals surface area contributed by atoms with E-state index in [4.69, 9.17) is 7.98 Å². The summed E-state index contributed by atoms with van der Waals surface area (Å²) in [5.41, 5.74) is 2.56. The molecule has 0 heterocycles. The first kappa shape index (κ1) is 6.94. The molecule has 7 heavy (non-hydrogen) atoms. The molecule has 0 aromatic rings. The molecule has 0 bridgehead atoms. The van der Waals surface area contributed by atoms with Gasteiger partial charge >= 0.3 is 0 Å². The largest absolute Gasteiger partial charge is 0.239 e. The van der Waals surface area contributed by atoms with Gasteiger partial charge in [-0.15, -0.1) is 0 Å². The van der Waals surface area contributed by atoms with E-state index in [0.717, 1.165) is 0 Å². The van der Waals surface area contributed by atoms with Crippen LogP contribution >= 0.6 is 0 Å². The van der Waals surface area contributed by atoms with Crippen molar-refractivity contribution in [3.8, 4) is 0 Å². The van der Waals surface area contributed by atoms with Gasteiger partial charge in [-0.2, -0.15) is 5.48 Å². The summed E-state index contributed by atoms with van der Waals surface area (Å²) in [4.78, 5) is 4.37. The van der Waals surface area contributed by atoms with E-state index < -0.39 is 0 Å². The second-order valence-corrected chi connectivity index (χ2v) is 1.49. The van der Waals surface area contributed by atoms with Gasteiger partial charge in [-0.1, -0.05) is 0 Å². The second-order valence-electron chi connectivity index (χ2n) is 1.49. The van der Waals surface area contributed by atoms with Gasteiger partial charge in [0.2, 0.25) is 7.98 Å². The summed E-state index contributed by atoms with van der Waals surface area (Å²) in [6, 6.07) is 0.288. The van der Waals surface area contributed by atoms with Gasteiger partial charge in [0.05, 0.1) is 0 Å². The Morgan fingerprint density at radius 3 is 2.29 bits per heavy atom. The molecule has 4 heteroatoms. The monoisotopic (exact) mass is 100 g/mol. The highest BCUT2D eigenvalue weighted by Gasteiger charge is 1.85. The highest BCUT2D eigenvalue weighted by Crippen LogP contribution is 1.70. The van der Waals surface area contributed by atoms with Crippen molar-refractivity contribution in [1.29, 1.82) is 0 Å². The van der Waals surface area contributed by atoms with Crippen LogP contribution in [-0.2, 0) is 4.94 Å². The fraction of sp³-hybridized carbons (Fsp3) is 1.00. The lowest BCUT2D eigenvalue weighted by atomic mass is 10.4. The molecule has 0 aromatic heterocycles. The van der Waals surface area contributed by atoms with Gasteiger partial charge in [-0.3, -0.25) is 0 Å². The first-order valence-corrected chi connectivity index (χ1v) is 2.14. The second kappa shape index (κ2) is 4.11. The lowest BCUT2D eigenvalue weighted by Crippen LogP contribution is -2.29. The average molecular weight is 99.9 g/mol. The van der Waals surface area contributed by atoms with Crippen molar-refractivity contribution in [3.63, 3.8) is 0 Å². The molecule has 3 nitrogen and oxygen atoms in total. The first-order chi connectivity index (χ1) is 3.27. The lowest BCUT2D eigenvalue weighted by molar-refractivity contribution is -0.0104. The lowest BCUT2D eigenvalue weighted by Gasteiger charge is -2.04. The molecule has 0 unspecified atom stereocenters. The van der Waals surface area contributed by atoms with Crippen LogP contribution < -0.4 is 10.9 Å². The van der Waals surface area contributed by atoms with Crippen LogP contribution in [0.15, 0.2) is 0 Å². The van der Waals surface area contributed by atoms with E-state index in [9.17, 15) is 0 Å². The molecule has 0 rings (SSSR count). The standard InChI is InChI=1S/C3H9BN2O/c1-3(2)5-7-6-4/h3,5-6H,1-2H3. The molecule has 2 radical (unpaired) electrons. The minimum absolute atomic E-state index is 0.288. The summed E-state index contributed by atoms with van der Waals surface area (Å²) in [6.07, 6.45) is 0. The fourth-order valence-corrected chi connectivity index (χ4v) is 0.152. The normalized spacial score (nSPS) is 10.1. The molecule has 0 aromatic carbocycles. The van der Waals surface area contributed by atoms with Gasteiger partial charge < -0.3 is 0 Å². The molecule has 0 spiro atoms. The molecule has 0 aliphatic rings. The fourth-order valence-electron chi connectivity index (χ4n) is 0.152. The highest BCUT2D eigenvalue weighted by molar-refractivity contribution is 6.03. The molecule has 40 valence electrons. The number of hydroxylamine groups is 1. The van der Waals surface area contributed by atoms with E-state index in [1.165, 1.54) is 0 Å². The van der Waals surface area contributed by atoms with Crippen molar-refractivity contribution in [2.24, 2.45) is 0 Å². The molecule has 0 aliphatic carbocycles. The maximum atomic E-state index is 4.74. The van der Waals surface area contributed by atoms with E-state index in [0.29, 0.717) is 0 Å². The van der Waals surface area contributed by atoms with Gasteiger partial charge in [-0.25, -0.2) is 10.3 Å². The summed E-state index contributed by atoms with van der Waals surface area (Å²) in [5.74, 6) is 0. The van der Waals surface area contributed by atoms with E-state index in [2.05, 4.69) is 10.4 Å². The molecule has 0 amide bonds. The molecular formula is C3H9BN2O. The van der Waals surface area contributed by atoms with Crippen LogP contribution in [0.1, 0.15) is 13.8 Å². The molecule has 0 fully saturated rings. The minimum Gasteiger partial charge on any atom is -0.239 e. The predicted octanol–water partition coefficient (Wildman–Crippen LogP) is -0.496. The Labute approximate surface area is 44.8 Å². The third-order valence-corrected chi connectivity index (χ3v) is 0.354. The minimum atomic E-state index is 0.288. The van der Waals surface area contributed by atoms with Gasteiger partial charge in [0, 0.05) is 6.04 Å². The van der Waals surface area contributed by atoms with Crippen molar-refractivity contribution in [1.82, 2.24) is 10.9 Å². The van der Waals surface area contributed by atoms with Crippen LogP contribution in [0.4, 0.5) is 0 Å². The maximum absolute atomic E-state index is 4.74. The number of rotatable bonds is 3. The topological polar surface area (TPSA) is 33.3 Å². The quantitative estimate of drug-likeness (QED) is 0.370. The van der Waals surface area contributed by atoms with Crippen molar-refractivity contribution in [2.45, 2.75) is 19.9 Å². The van der Waals surface area contributed by atoms with E-state index in [1.807, 2.05) is 19.2 Å². The van der Waals surface area contributed by atoms with Crippen LogP contribution in [0.2, 0.25) is 0 Å². The van der Waals surface area contributed by atoms with Crippen molar-refractivity contribution in [3.05, 3.63) is 0 Å². The van der Waals surface area contributed by atoms with Crippen molar-refractivity contribution >= 4 is 7.98 Å². The Morgan fingerprint density at radius 2 is 2.14 bits per heavy atom. The average Bonchev–Trinajstić information content (AvgIpc) is 1.61. The molecule has 2 N–H and O–H groups in total. The van der Waals surface area contributed by atoms with Gasteiger partial charge in [0.1, 0.15) is 0 Å². The van der Waals surface area contributed by atoms with Crippen LogP contribution in [-0.4, -0.2) is 14.0 Å². The number of nitrogens with one attached hydrogen (secondary N) is 2. The number of hydrogen-bond donors (Lipinski definition) is 2. The van der Waals surface area contributed by atoms with E-state index in [1.54, 1.807) is 0 Å². The Hall–Kier alpha value is -0.0551. The van der Waals surface area contributed by atoms with Crippen molar-refractivity contribution < 1.29 is 4.94 Å². The van der Waals surface area contributed by atoms with Gasteiger partial charge in [0.15, 0.2) is 0 Å². The van der Waals surface area contributed by atoms with Crippen molar-refractivity contribution in [2.75, 3.05) is 0 Å². The van der Waals surface area contributed by atoms with Crippen LogP contribution in [0.25, 0.3) is 0 Å². The summed E-state index contributed by atoms with van der Waals surface area (Å²) in [7, 11) is 4.74. The highest BCUT2D eigenvalue weighted by atomic mass is 16.8. The molecular weight excluding hydrogens is 90.9 g/mol. The number of hydrogen-bond acceptors (Lipinski definition) is 3. The van der Waals surface area contributed by atoms with Gasteiger partial charge in [0.25, 0.3) is 0 Å². The molecule has 0 atom stereocenters. The van der Waals surface area contributed by atoms with E-state index in [-0.39, 0.29) is 6.04 Å². The summed E-state index contributed by atoms with van der Waals surface area (Å²) in [5, 5.41) is 1.99. The van der Waals surface area contributed by atoms with Crippen LogP contribution in [0.3, 0.4) is 0 Å². The Bertz CT molecular complexity index is 41.9. The SMILES string of the molecule is [B]NONC(C)C. The zero-order chi connectivity index (χ0) is 5.70. The predicted molar refractivity (Wildman–Crippen MR) is 28.2 cm³/mol. The summed E-state index contributed by atoms with van der Waals surface area (Å²) >= 11 is 0. The Kier molecular flexibility index (Phi) is 4.08. The smallest absolute Gasteiger partial charge is 0.222 e. The summed E-state index contributed by atoms with van der Waals surface area (Å²) < 4.78 is 0. The Balaban J connectivity index is 2.68. The third kappa shape index (κ3) is 5.94. The maximum Gasteiger partial charge on any atom is 0.222 e. The van der Waals surface area contributed by atoms with Gasteiger partial charge in [-0.05, 0) is 13.8 Å². The zero-order valence-corrected chi connectivity index (χ0v) is 4.56. The third-order valence-electron chi connectivity index (χ3n) is 0.354. The molecule has 0 saturated heterocycles. The summed E-state index contributed by atoms with van der Waals surface area (Å²) in [6.45, 7) is 3.88. The van der Waals surface area contributed by atoms with E-state index >= 15 is 0 Å².